The minimum atomic E-state index is 0.571. The van der Waals surface area contributed by atoms with Crippen LogP contribution < -0.4 is 19.9 Å². The number of nitrogens with zero attached hydrogens (tertiary/aromatic N) is 5. The average Bonchev–Trinajstić information content (AvgIpc) is 3.26. The average molecular weight is 443 g/mol. The molecule has 160 valence electrons. The smallest absolute Gasteiger partial charge is 0.188 e. The van der Waals surface area contributed by atoms with Crippen LogP contribution in [0.15, 0.2) is 60.8 Å². The molecular formula is C24H22N6OS. The summed E-state index contributed by atoms with van der Waals surface area (Å²) >= 11 is 1.58. The first-order valence-corrected chi connectivity index (χ1v) is 11.2. The summed E-state index contributed by atoms with van der Waals surface area (Å²) < 4.78 is 6.53. The molecule has 0 saturated carbocycles. The van der Waals surface area contributed by atoms with Crippen LogP contribution in [0.4, 0.5) is 22.3 Å². The highest BCUT2D eigenvalue weighted by Gasteiger charge is 2.19. The maximum Gasteiger partial charge on any atom is 0.188 e. The molecule has 0 bridgehead atoms. The first-order chi connectivity index (χ1) is 15.7. The van der Waals surface area contributed by atoms with Crippen LogP contribution >= 0.6 is 11.3 Å². The summed E-state index contributed by atoms with van der Waals surface area (Å²) in [6.45, 7) is 3.76. The Morgan fingerprint density at radius 3 is 2.62 bits per heavy atom. The zero-order valence-electron chi connectivity index (χ0n) is 17.7. The quantitative estimate of drug-likeness (QED) is 0.482. The number of methoxy groups -OCH3 is 1. The number of fused-ring (bicyclic) bond motifs is 1. The highest BCUT2D eigenvalue weighted by molar-refractivity contribution is 7.22. The van der Waals surface area contributed by atoms with Crippen LogP contribution in [-0.4, -0.2) is 43.3 Å². The van der Waals surface area contributed by atoms with Crippen LogP contribution in [-0.2, 0) is 0 Å². The molecule has 2 aromatic carbocycles. The molecule has 0 atom stereocenters. The summed E-state index contributed by atoms with van der Waals surface area (Å²) in [5.74, 6) is 1.71. The number of aromatic nitrogens is 2. The highest BCUT2D eigenvalue weighted by atomic mass is 32.1. The Balaban J connectivity index is 1.32. The third kappa shape index (κ3) is 4.03. The van der Waals surface area contributed by atoms with Crippen molar-refractivity contribution in [3.63, 3.8) is 0 Å². The lowest BCUT2D eigenvalue weighted by atomic mass is 10.2. The number of piperazine rings is 1. The van der Waals surface area contributed by atoms with Gasteiger partial charge in [0.15, 0.2) is 5.13 Å². The van der Waals surface area contributed by atoms with E-state index in [0.717, 1.165) is 53.0 Å². The van der Waals surface area contributed by atoms with Gasteiger partial charge in [0.05, 0.1) is 34.6 Å². The molecule has 1 aliphatic rings. The molecule has 1 saturated heterocycles. The molecule has 0 radical (unpaired) electrons. The van der Waals surface area contributed by atoms with Gasteiger partial charge in [-0.15, -0.1) is 0 Å². The number of ether oxygens (including phenoxy) is 1. The molecule has 0 spiro atoms. The fourth-order valence-corrected chi connectivity index (χ4v) is 4.75. The van der Waals surface area contributed by atoms with Gasteiger partial charge in [0.1, 0.15) is 11.6 Å². The summed E-state index contributed by atoms with van der Waals surface area (Å²) in [6.07, 6.45) is 1.84. The van der Waals surface area contributed by atoms with E-state index in [1.54, 1.807) is 36.6 Å². The van der Waals surface area contributed by atoms with Gasteiger partial charge < -0.3 is 19.9 Å². The number of nitrogens with one attached hydrogen (secondary N) is 1. The monoisotopic (exact) mass is 442 g/mol. The van der Waals surface area contributed by atoms with Crippen molar-refractivity contribution < 1.29 is 4.74 Å². The number of benzene rings is 2. The van der Waals surface area contributed by atoms with Crippen molar-refractivity contribution in [2.75, 3.05) is 48.4 Å². The molecule has 0 amide bonds. The summed E-state index contributed by atoms with van der Waals surface area (Å²) in [5.41, 5.74) is 3.44. The van der Waals surface area contributed by atoms with Gasteiger partial charge in [-0.3, -0.25) is 0 Å². The zero-order valence-corrected chi connectivity index (χ0v) is 18.5. The molecule has 2 aromatic heterocycles. The lowest BCUT2D eigenvalue weighted by Crippen LogP contribution is -2.46. The number of thiazole rings is 1. The minimum absolute atomic E-state index is 0.571. The summed E-state index contributed by atoms with van der Waals surface area (Å²) in [5, 5.41) is 13.3. The second kappa shape index (κ2) is 8.73. The number of anilines is 4. The van der Waals surface area contributed by atoms with Gasteiger partial charge in [0.2, 0.25) is 0 Å². The molecule has 5 rings (SSSR count). The maximum absolute atomic E-state index is 9.20. The largest absolute Gasteiger partial charge is 0.495 e. The van der Waals surface area contributed by atoms with Crippen LogP contribution in [0.2, 0.25) is 0 Å². The molecule has 0 aliphatic carbocycles. The zero-order chi connectivity index (χ0) is 21.9. The van der Waals surface area contributed by atoms with Gasteiger partial charge >= 0.3 is 0 Å². The first-order valence-electron chi connectivity index (χ1n) is 10.4. The molecule has 0 unspecified atom stereocenters. The van der Waals surface area contributed by atoms with Crippen molar-refractivity contribution in [3.8, 4) is 11.8 Å². The molecule has 1 N–H and O–H groups in total. The van der Waals surface area contributed by atoms with E-state index in [1.165, 1.54) is 5.69 Å². The van der Waals surface area contributed by atoms with Crippen LogP contribution in [0.1, 0.15) is 5.56 Å². The van der Waals surface area contributed by atoms with E-state index < -0.39 is 0 Å². The van der Waals surface area contributed by atoms with Gasteiger partial charge in [0, 0.05) is 38.1 Å². The van der Waals surface area contributed by atoms with Crippen molar-refractivity contribution in [3.05, 3.63) is 66.4 Å². The SMILES string of the molecule is COc1ccc(C#N)cc1Nc1nc2cc(N3CCN(c4ccccn4)CC3)ccc2s1. The minimum Gasteiger partial charge on any atom is -0.495 e. The topological polar surface area (TPSA) is 77.3 Å². The number of hydrogen-bond acceptors (Lipinski definition) is 8. The number of rotatable bonds is 5. The van der Waals surface area contributed by atoms with Gasteiger partial charge in [-0.2, -0.15) is 5.26 Å². The van der Waals surface area contributed by atoms with Gasteiger partial charge in [-0.25, -0.2) is 9.97 Å². The molecule has 1 fully saturated rings. The Labute approximate surface area is 190 Å². The Morgan fingerprint density at radius 2 is 1.88 bits per heavy atom. The summed E-state index contributed by atoms with van der Waals surface area (Å²) in [4.78, 5) is 14.0. The third-order valence-corrected chi connectivity index (χ3v) is 6.51. The van der Waals surface area contributed by atoms with Crippen molar-refractivity contribution in [1.82, 2.24) is 9.97 Å². The lowest BCUT2D eigenvalue weighted by Gasteiger charge is -2.36. The van der Waals surface area contributed by atoms with Crippen LogP contribution in [0, 0.1) is 11.3 Å². The molecule has 4 aromatic rings. The lowest BCUT2D eigenvalue weighted by molar-refractivity contribution is 0.417. The summed E-state index contributed by atoms with van der Waals surface area (Å²) in [7, 11) is 1.62. The normalized spacial score (nSPS) is 13.8. The Hall–Kier alpha value is -3.83. The molecular weight excluding hydrogens is 420 g/mol. The summed E-state index contributed by atoms with van der Waals surface area (Å²) in [6, 6.07) is 19.9. The van der Waals surface area contributed by atoms with Crippen molar-refractivity contribution >= 4 is 43.9 Å². The van der Waals surface area contributed by atoms with Crippen molar-refractivity contribution in [2.24, 2.45) is 0 Å². The highest BCUT2D eigenvalue weighted by Crippen LogP contribution is 2.34. The van der Waals surface area contributed by atoms with Gasteiger partial charge in [-0.05, 0) is 48.5 Å². The van der Waals surface area contributed by atoms with E-state index in [4.69, 9.17) is 9.72 Å². The maximum atomic E-state index is 9.20. The number of pyridine rings is 1. The fourth-order valence-electron chi connectivity index (χ4n) is 3.89. The predicted octanol–water partition coefficient (Wildman–Crippen LogP) is 4.64. The van der Waals surface area contributed by atoms with Crippen molar-refractivity contribution in [1.29, 1.82) is 5.26 Å². The molecule has 8 heteroatoms. The van der Waals surface area contributed by atoms with Gasteiger partial charge in [0.25, 0.3) is 0 Å². The van der Waals surface area contributed by atoms with E-state index in [2.05, 4.69) is 50.4 Å². The molecule has 32 heavy (non-hydrogen) atoms. The van der Waals surface area contributed by atoms with E-state index in [9.17, 15) is 5.26 Å². The van der Waals surface area contributed by atoms with Crippen LogP contribution in [0.25, 0.3) is 10.2 Å². The van der Waals surface area contributed by atoms with E-state index in [0.29, 0.717) is 11.3 Å². The number of nitriles is 1. The fraction of sp³-hybridized carbons (Fsp3) is 0.208. The molecule has 1 aliphatic heterocycles. The van der Waals surface area contributed by atoms with Gasteiger partial charge in [-0.1, -0.05) is 17.4 Å². The Bertz CT molecular complexity index is 1270. The number of hydrogen-bond donors (Lipinski definition) is 1. The predicted molar refractivity (Wildman–Crippen MR) is 129 cm³/mol. The van der Waals surface area contributed by atoms with E-state index >= 15 is 0 Å². The molecule has 7 nitrogen and oxygen atoms in total. The Morgan fingerprint density at radius 1 is 1.03 bits per heavy atom. The second-order valence-electron chi connectivity index (χ2n) is 7.48. The second-order valence-corrected chi connectivity index (χ2v) is 8.52. The molecule has 3 heterocycles. The first kappa shape index (κ1) is 20.1. The van der Waals surface area contributed by atoms with E-state index in [-0.39, 0.29) is 0 Å². The van der Waals surface area contributed by atoms with Crippen LogP contribution in [0.3, 0.4) is 0 Å². The third-order valence-electron chi connectivity index (χ3n) is 5.56. The van der Waals surface area contributed by atoms with E-state index in [1.807, 2.05) is 18.3 Å². The van der Waals surface area contributed by atoms with Crippen molar-refractivity contribution in [2.45, 2.75) is 0 Å². The standard InChI is InChI=1S/C24H22N6OS/c1-31-21-7-5-17(16-25)14-19(21)27-24-28-20-15-18(6-8-22(20)32-24)29-10-12-30(13-11-29)23-4-2-3-9-26-23/h2-9,14-15H,10-13H2,1H3,(H,27,28). The Kier molecular flexibility index (Phi) is 5.48. The van der Waals surface area contributed by atoms with Crippen LogP contribution in [0.5, 0.6) is 5.75 Å².